The molecule has 2 heterocycles. The number of para-hydroxylation sites is 2. The highest BCUT2D eigenvalue weighted by atomic mass is 35.5. The van der Waals surface area contributed by atoms with Gasteiger partial charge >= 0.3 is 0 Å². The lowest BCUT2D eigenvalue weighted by Crippen LogP contribution is -2.31. The molecule has 5 nitrogen and oxygen atoms in total. The summed E-state index contributed by atoms with van der Waals surface area (Å²) in [6, 6.07) is 15.5. The minimum Gasteiger partial charge on any atom is -0.492 e. The molecule has 1 aromatic heterocycles. The van der Waals surface area contributed by atoms with Gasteiger partial charge < -0.3 is 14.2 Å². The Morgan fingerprint density at radius 1 is 1.21 bits per heavy atom. The molecule has 1 atom stereocenters. The van der Waals surface area contributed by atoms with Crippen LogP contribution in [-0.4, -0.2) is 33.5 Å². The Kier molecular flexibility index (Phi) is 5.53. The van der Waals surface area contributed by atoms with Crippen LogP contribution in [0.2, 0.25) is 5.02 Å². The minimum absolute atomic E-state index is 0.0374. The topological polar surface area (TPSA) is 47.4 Å². The van der Waals surface area contributed by atoms with Crippen LogP contribution in [0.3, 0.4) is 0 Å². The van der Waals surface area contributed by atoms with Crippen molar-refractivity contribution in [2.24, 2.45) is 0 Å². The van der Waals surface area contributed by atoms with Crippen molar-refractivity contribution in [1.82, 2.24) is 14.5 Å². The van der Waals surface area contributed by atoms with Crippen molar-refractivity contribution in [3.8, 4) is 5.75 Å². The summed E-state index contributed by atoms with van der Waals surface area (Å²) in [6.07, 6.45) is 2.49. The number of rotatable bonds is 6. The van der Waals surface area contributed by atoms with Crippen molar-refractivity contribution in [2.45, 2.75) is 38.8 Å². The Bertz CT molecular complexity index is 968. The second-order valence-electron chi connectivity index (χ2n) is 7.01. The molecule has 0 unspecified atom stereocenters. The number of amides is 1. The van der Waals surface area contributed by atoms with Crippen molar-refractivity contribution >= 4 is 28.5 Å². The molecule has 0 saturated carbocycles. The van der Waals surface area contributed by atoms with Gasteiger partial charge in [-0.3, -0.25) is 4.79 Å². The second kappa shape index (κ2) is 8.23. The number of likely N-dealkylation sites (tertiary alicyclic amines) is 1. The normalized spacial score (nSPS) is 16.6. The van der Waals surface area contributed by atoms with Crippen molar-refractivity contribution in [3.05, 3.63) is 59.4 Å². The van der Waals surface area contributed by atoms with Crippen molar-refractivity contribution in [2.75, 3.05) is 13.2 Å². The Balaban J connectivity index is 1.60. The molecular formula is C22H24ClN3O2. The third-order valence-electron chi connectivity index (χ3n) is 5.25. The van der Waals surface area contributed by atoms with Crippen LogP contribution in [0.4, 0.5) is 0 Å². The van der Waals surface area contributed by atoms with Gasteiger partial charge in [-0.1, -0.05) is 30.7 Å². The largest absolute Gasteiger partial charge is 0.492 e. The lowest BCUT2D eigenvalue weighted by molar-refractivity contribution is -0.131. The smallest absolute Gasteiger partial charge is 0.222 e. The van der Waals surface area contributed by atoms with Gasteiger partial charge in [-0.25, -0.2) is 4.98 Å². The molecule has 4 rings (SSSR count). The van der Waals surface area contributed by atoms with Crippen molar-refractivity contribution in [1.29, 1.82) is 0 Å². The Labute approximate surface area is 169 Å². The number of hydrogen-bond donors (Lipinski definition) is 0. The fourth-order valence-corrected chi connectivity index (χ4v) is 4.03. The second-order valence-corrected chi connectivity index (χ2v) is 7.45. The van der Waals surface area contributed by atoms with Gasteiger partial charge in [0.15, 0.2) is 0 Å². The lowest BCUT2D eigenvalue weighted by Gasteiger charge is -2.25. The van der Waals surface area contributed by atoms with E-state index in [2.05, 4.69) is 10.6 Å². The first-order chi connectivity index (χ1) is 13.7. The summed E-state index contributed by atoms with van der Waals surface area (Å²) in [7, 11) is 0. The number of hydrogen-bond acceptors (Lipinski definition) is 3. The maximum Gasteiger partial charge on any atom is 0.222 e. The summed E-state index contributed by atoms with van der Waals surface area (Å²) in [5.41, 5.74) is 2.03. The molecule has 1 fully saturated rings. The number of imidazole rings is 1. The maximum absolute atomic E-state index is 12.4. The predicted molar refractivity (Wildman–Crippen MR) is 111 cm³/mol. The van der Waals surface area contributed by atoms with Gasteiger partial charge in [-0.15, -0.1) is 0 Å². The number of nitrogens with zero attached hydrogens (tertiary/aromatic N) is 3. The van der Waals surface area contributed by atoms with Crippen LogP contribution in [0.1, 0.15) is 38.1 Å². The summed E-state index contributed by atoms with van der Waals surface area (Å²) in [5.74, 6) is 1.94. The number of benzene rings is 2. The molecule has 0 N–H and O–H groups in total. The van der Waals surface area contributed by atoms with E-state index >= 15 is 0 Å². The van der Waals surface area contributed by atoms with Gasteiger partial charge in [0.05, 0.1) is 23.6 Å². The van der Waals surface area contributed by atoms with Gasteiger partial charge in [0, 0.05) is 18.0 Å². The van der Waals surface area contributed by atoms with Crippen LogP contribution < -0.4 is 4.74 Å². The minimum atomic E-state index is 0.0374. The first-order valence-corrected chi connectivity index (χ1v) is 10.2. The van der Waals surface area contributed by atoms with E-state index in [9.17, 15) is 4.79 Å². The Morgan fingerprint density at radius 2 is 2.00 bits per heavy atom. The first-order valence-electron chi connectivity index (χ1n) is 9.80. The fourth-order valence-electron chi connectivity index (χ4n) is 3.91. The van der Waals surface area contributed by atoms with E-state index < -0.39 is 0 Å². The molecule has 146 valence electrons. The standard InChI is InChI=1S/C22H24ClN3O2/c1-2-21(27)25-13-5-8-20(25)22-24-18-6-3-4-7-19(18)26(22)14-15-28-17-11-9-16(23)10-12-17/h3-4,6-7,9-12,20H,2,5,8,13-15H2,1H3/t20-/m1/s1. The molecule has 0 aliphatic carbocycles. The van der Waals surface area contributed by atoms with Crippen LogP contribution in [-0.2, 0) is 11.3 Å². The molecule has 1 amide bonds. The van der Waals surface area contributed by atoms with Gasteiger partial charge in [0.1, 0.15) is 18.2 Å². The summed E-state index contributed by atoms with van der Waals surface area (Å²) in [5, 5.41) is 0.692. The molecule has 1 aliphatic heterocycles. The van der Waals surface area contributed by atoms with Crippen LogP contribution in [0.5, 0.6) is 5.75 Å². The molecule has 2 aromatic carbocycles. The highest BCUT2D eigenvalue weighted by Crippen LogP contribution is 2.33. The number of fused-ring (bicyclic) bond motifs is 1. The predicted octanol–water partition coefficient (Wildman–Crippen LogP) is 4.84. The quantitative estimate of drug-likeness (QED) is 0.597. The highest BCUT2D eigenvalue weighted by Gasteiger charge is 2.32. The molecule has 28 heavy (non-hydrogen) atoms. The number of carbonyl (C=O) groups excluding carboxylic acids is 1. The molecular weight excluding hydrogens is 374 g/mol. The van der Waals surface area contributed by atoms with E-state index in [1.807, 2.05) is 54.3 Å². The van der Waals surface area contributed by atoms with E-state index in [-0.39, 0.29) is 11.9 Å². The average molecular weight is 398 g/mol. The van der Waals surface area contributed by atoms with Crippen LogP contribution in [0.25, 0.3) is 11.0 Å². The Morgan fingerprint density at radius 3 is 2.79 bits per heavy atom. The van der Waals surface area contributed by atoms with Gasteiger partial charge in [0.2, 0.25) is 5.91 Å². The molecule has 0 spiro atoms. The Hall–Kier alpha value is -2.53. The zero-order valence-electron chi connectivity index (χ0n) is 16.0. The van der Waals surface area contributed by atoms with Crippen LogP contribution >= 0.6 is 11.6 Å². The van der Waals surface area contributed by atoms with E-state index in [1.165, 1.54) is 0 Å². The summed E-state index contributed by atoms with van der Waals surface area (Å²) < 4.78 is 8.11. The SMILES string of the molecule is CCC(=O)N1CCC[C@@H]1c1nc2ccccc2n1CCOc1ccc(Cl)cc1. The molecule has 6 heteroatoms. The summed E-state index contributed by atoms with van der Waals surface area (Å²) in [4.78, 5) is 19.3. The molecule has 1 saturated heterocycles. The molecule has 3 aromatic rings. The van der Waals surface area contributed by atoms with Gasteiger partial charge in [0.25, 0.3) is 0 Å². The molecule has 1 aliphatic rings. The van der Waals surface area contributed by atoms with E-state index in [1.54, 1.807) is 0 Å². The lowest BCUT2D eigenvalue weighted by atomic mass is 10.2. The van der Waals surface area contributed by atoms with Gasteiger partial charge in [-0.05, 0) is 49.2 Å². The number of halogens is 1. The van der Waals surface area contributed by atoms with Crippen molar-refractivity contribution < 1.29 is 9.53 Å². The number of aromatic nitrogens is 2. The fraction of sp³-hybridized carbons (Fsp3) is 0.364. The van der Waals surface area contributed by atoms with Gasteiger partial charge in [-0.2, -0.15) is 0 Å². The van der Waals surface area contributed by atoms with Crippen molar-refractivity contribution in [3.63, 3.8) is 0 Å². The third-order valence-corrected chi connectivity index (χ3v) is 5.51. The summed E-state index contributed by atoms with van der Waals surface area (Å²) in [6.45, 7) is 3.91. The monoisotopic (exact) mass is 397 g/mol. The maximum atomic E-state index is 12.4. The van der Waals surface area contributed by atoms with Crippen LogP contribution in [0.15, 0.2) is 48.5 Å². The van der Waals surface area contributed by atoms with E-state index in [0.717, 1.165) is 42.0 Å². The molecule has 0 radical (unpaired) electrons. The van der Waals surface area contributed by atoms with E-state index in [4.69, 9.17) is 21.3 Å². The first kappa shape index (κ1) is 18.8. The average Bonchev–Trinajstić information content (AvgIpc) is 3.34. The zero-order chi connectivity index (χ0) is 19.5. The number of carbonyl (C=O) groups is 1. The highest BCUT2D eigenvalue weighted by molar-refractivity contribution is 6.30. The van der Waals surface area contributed by atoms with Crippen LogP contribution in [0, 0.1) is 0 Å². The van der Waals surface area contributed by atoms with E-state index in [0.29, 0.717) is 24.6 Å². The molecule has 0 bridgehead atoms. The zero-order valence-corrected chi connectivity index (χ0v) is 16.7. The third kappa shape index (κ3) is 3.72. The summed E-state index contributed by atoms with van der Waals surface area (Å²) >= 11 is 5.94. The number of ether oxygens (including phenoxy) is 1.